The molecule has 2 aromatic carbocycles. The van der Waals surface area contributed by atoms with Gasteiger partial charge in [0.05, 0.1) is 11.7 Å². The minimum absolute atomic E-state index is 0.171. The van der Waals surface area contributed by atoms with Gasteiger partial charge >= 0.3 is 0 Å². The lowest BCUT2D eigenvalue weighted by atomic mass is 10.0. The summed E-state index contributed by atoms with van der Waals surface area (Å²) >= 11 is 1.56. The van der Waals surface area contributed by atoms with Crippen molar-refractivity contribution in [3.63, 3.8) is 0 Å². The zero-order chi connectivity index (χ0) is 19.5. The van der Waals surface area contributed by atoms with E-state index < -0.39 is 0 Å². The number of carbonyl (C=O) groups is 1. The molecule has 28 heavy (non-hydrogen) atoms. The van der Waals surface area contributed by atoms with Crippen molar-refractivity contribution in [1.29, 1.82) is 0 Å². The number of nitrogens with zero attached hydrogens (tertiary/aromatic N) is 2. The van der Waals surface area contributed by atoms with Gasteiger partial charge in [-0.25, -0.2) is 4.39 Å². The fraction of sp³-hybridized carbons (Fsp3) is 0.182. The summed E-state index contributed by atoms with van der Waals surface area (Å²) in [5, 5.41) is 11.5. The molecule has 0 saturated heterocycles. The number of hydrazone groups is 1. The molecular weight excluding hydrogens is 373 g/mol. The van der Waals surface area contributed by atoms with Crippen LogP contribution in [0, 0.1) is 5.82 Å². The van der Waals surface area contributed by atoms with E-state index in [0.717, 1.165) is 34.8 Å². The molecule has 1 atom stereocenters. The second-order valence-electron chi connectivity index (χ2n) is 6.73. The number of halogens is 1. The molecular formula is C22H20FN3OS. The third-order valence-corrected chi connectivity index (χ3v) is 5.65. The molecule has 0 saturated carbocycles. The average molecular weight is 393 g/mol. The number of amides is 1. The zero-order valence-corrected chi connectivity index (χ0v) is 16.2. The smallest absolute Gasteiger partial charge is 0.252 e. The van der Waals surface area contributed by atoms with E-state index in [1.54, 1.807) is 23.5 Å². The summed E-state index contributed by atoms with van der Waals surface area (Å²) in [7, 11) is 0. The Kier molecular flexibility index (Phi) is 5.21. The Morgan fingerprint density at radius 1 is 1.14 bits per heavy atom. The Balaban J connectivity index is 1.54. The zero-order valence-electron chi connectivity index (χ0n) is 15.4. The first-order valence-corrected chi connectivity index (χ1v) is 9.99. The van der Waals surface area contributed by atoms with Gasteiger partial charge in [-0.2, -0.15) is 5.10 Å². The monoisotopic (exact) mass is 393 g/mol. The summed E-state index contributed by atoms with van der Waals surface area (Å²) in [6.07, 6.45) is 0.961. The topological polar surface area (TPSA) is 44.7 Å². The highest BCUT2D eigenvalue weighted by atomic mass is 32.1. The lowest BCUT2D eigenvalue weighted by Gasteiger charge is -2.19. The summed E-state index contributed by atoms with van der Waals surface area (Å²) in [5.74, 6) is -0.467. The lowest BCUT2D eigenvalue weighted by molar-refractivity contribution is 0.0943. The molecule has 1 aliphatic rings. The number of hydrogen-bond acceptors (Lipinski definition) is 4. The Morgan fingerprint density at radius 2 is 1.89 bits per heavy atom. The van der Waals surface area contributed by atoms with E-state index in [1.807, 2.05) is 53.7 Å². The average Bonchev–Trinajstić information content (AvgIpc) is 3.39. The van der Waals surface area contributed by atoms with Gasteiger partial charge in [0.15, 0.2) is 0 Å². The van der Waals surface area contributed by atoms with Crippen LogP contribution in [0.5, 0.6) is 0 Å². The van der Waals surface area contributed by atoms with Crippen molar-refractivity contribution in [2.24, 2.45) is 5.10 Å². The normalized spacial score (nSPS) is 14.6. The second kappa shape index (κ2) is 7.94. The maximum atomic E-state index is 13.3. The minimum Gasteiger partial charge on any atom is -0.340 e. The number of thiophene rings is 1. The van der Waals surface area contributed by atoms with Gasteiger partial charge in [-0.3, -0.25) is 9.80 Å². The summed E-state index contributed by atoms with van der Waals surface area (Å²) in [5.41, 5.74) is 3.50. The van der Waals surface area contributed by atoms with Gasteiger partial charge in [-0.05, 0) is 60.3 Å². The number of nitrogens with one attached hydrogen (secondary N) is 1. The van der Waals surface area contributed by atoms with Gasteiger partial charge in [0, 0.05) is 29.1 Å². The molecule has 0 bridgehead atoms. The Labute approximate surface area is 167 Å². The molecule has 4 rings (SSSR count). The Hall–Kier alpha value is -2.99. The van der Waals surface area contributed by atoms with Crippen LogP contribution in [0.25, 0.3) is 0 Å². The quantitative estimate of drug-likeness (QED) is 0.663. The predicted octanol–water partition coefficient (Wildman–Crippen LogP) is 4.99. The van der Waals surface area contributed by atoms with Gasteiger partial charge in [0.2, 0.25) is 0 Å². The molecule has 142 valence electrons. The van der Waals surface area contributed by atoms with Crippen molar-refractivity contribution >= 4 is 28.6 Å². The van der Waals surface area contributed by atoms with Gasteiger partial charge in [-0.1, -0.05) is 18.2 Å². The summed E-state index contributed by atoms with van der Waals surface area (Å²) in [6, 6.07) is 17.3. The number of benzene rings is 2. The number of carbonyl (C=O) groups excluding carboxylic acids is 1. The van der Waals surface area contributed by atoms with Gasteiger partial charge < -0.3 is 5.32 Å². The maximum Gasteiger partial charge on any atom is 0.252 e. The standard InChI is InChI=1S/C22H20FN3OS/c1-15-12-13-26(25-15)19-10-6-17(7-11-19)22(27)24-21(20-3-2-14-28-20)16-4-8-18(23)9-5-16/h2-11,14,21H,12-13H2,1H3,(H,24,27)/t21-/m0/s1. The Morgan fingerprint density at radius 3 is 2.50 bits per heavy atom. The Bertz CT molecular complexity index is 982. The number of rotatable bonds is 5. The van der Waals surface area contributed by atoms with Crippen LogP contribution in [0.2, 0.25) is 0 Å². The van der Waals surface area contributed by atoms with E-state index in [2.05, 4.69) is 10.4 Å². The van der Waals surface area contributed by atoms with Gasteiger partial charge in [-0.15, -0.1) is 11.3 Å². The van der Waals surface area contributed by atoms with Crippen molar-refractivity contribution in [2.45, 2.75) is 19.4 Å². The van der Waals surface area contributed by atoms with Crippen LogP contribution in [-0.2, 0) is 0 Å². The first kappa shape index (κ1) is 18.4. The molecule has 6 heteroatoms. The van der Waals surface area contributed by atoms with Crippen LogP contribution in [0.15, 0.2) is 71.1 Å². The second-order valence-corrected chi connectivity index (χ2v) is 7.71. The van der Waals surface area contributed by atoms with Gasteiger partial charge in [0.1, 0.15) is 5.82 Å². The van der Waals surface area contributed by atoms with Crippen molar-refractivity contribution in [3.8, 4) is 0 Å². The molecule has 1 aliphatic heterocycles. The SMILES string of the molecule is CC1=NN(c2ccc(C(=O)N[C@@H](c3ccc(F)cc3)c3cccs3)cc2)CC1. The van der Waals surface area contributed by atoms with Crippen LogP contribution >= 0.6 is 11.3 Å². The number of anilines is 1. The van der Waals surface area contributed by atoms with Crippen molar-refractivity contribution in [1.82, 2.24) is 5.32 Å². The predicted molar refractivity (Wildman–Crippen MR) is 112 cm³/mol. The molecule has 4 nitrogen and oxygen atoms in total. The van der Waals surface area contributed by atoms with Gasteiger partial charge in [0.25, 0.3) is 5.91 Å². The van der Waals surface area contributed by atoms with Crippen molar-refractivity contribution in [3.05, 3.63) is 87.9 Å². The molecule has 0 fully saturated rings. The largest absolute Gasteiger partial charge is 0.340 e. The molecule has 1 N–H and O–H groups in total. The molecule has 1 aromatic heterocycles. The van der Waals surface area contributed by atoms with Crippen molar-refractivity contribution < 1.29 is 9.18 Å². The molecule has 3 aromatic rings. The fourth-order valence-electron chi connectivity index (χ4n) is 3.19. The maximum absolute atomic E-state index is 13.3. The van der Waals surface area contributed by atoms with Crippen LogP contribution in [0.1, 0.15) is 40.2 Å². The lowest BCUT2D eigenvalue weighted by Crippen LogP contribution is -2.28. The number of hydrogen-bond donors (Lipinski definition) is 1. The van der Waals surface area contributed by atoms with E-state index in [0.29, 0.717) is 5.56 Å². The van der Waals surface area contributed by atoms with E-state index in [4.69, 9.17) is 0 Å². The van der Waals surface area contributed by atoms with E-state index in [9.17, 15) is 9.18 Å². The highest BCUT2D eigenvalue weighted by molar-refractivity contribution is 7.10. The molecule has 1 amide bonds. The third kappa shape index (κ3) is 3.97. The summed E-state index contributed by atoms with van der Waals surface area (Å²) < 4.78 is 13.3. The third-order valence-electron chi connectivity index (χ3n) is 4.71. The summed E-state index contributed by atoms with van der Waals surface area (Å²) in [4.78, 5) is 13.9. The molecule has 0 aliphatic carbocycles. The van der Waals surface area contributed by atoms with Crippen molar-refractivity contribution in [2.75, 3.05) is 11.6 Å². The minimum atomic E-state index is -0.321. The van der Waals surface area contributed by atoms with E-state index >= 15 is 0 Å². The summed E-state index contributed by atoms with van der Waals surface area (Å²) in [6.45, 7) is 2.88. The molecule has 2 heterocycles. The van der Waals surface area contributed by atoms with E-state index in [-0.39, 0.29) is 17.8 Å². The molecule has 0 spiro atoms. The molecule has 0 unspecified atom stereocenters. The van der Waals surface area contributed by atoms with Crippen LogP contribution in [-0.4, -0.2) is 18.2 Å². The van der Waals surface area contributed by atoms with Crippen LogP contribution < -0.4 is 10.3 Å². The first-order chi connectivity index (χ1) is 13.6. The molecule has 0 radical (unpaired) electrons. The first-order valence-electron chi connectivity index (χ1n) is 9.11. The fourth-order valence-corrected chi connectivity index (χ4v) is 3.99. The highest BCUT2D eigenvalue weighted by Crippen LogP contribution is 2.27. The van der Waals surface area contributed by atoms with Crippen LogP contribution in [0.3, 0.4) is 0 Å². The highest BCUT2D eigenvalue weighted by Gasteiger charge is 2.19. The van der Waals surface area contributed by atoms with Crippen LogP contribution in [0.4, 0.5) is 10.1 Å². The van der Waals surface area contributed by atoms with E-state index in [1.165, 1.54) is 12.1 Å².